The van der Waals surface area contributed by atoms with Crippen LogP contribution in [0.4, 0.5) is 0 Å². The van der Waals surface area contributed by atoms with Gasteiger partial charge in [-0.15, -0.1) is 0 Å². The summed E-state index contributed by atoms with van der Waals surface area (Å²) in [6.45, 7) is 14.0. The van der Waals surface area contributed by atoms with Gasteiger partial charge in [0.25, 0.3) is 0 Å². The maximum atomic E-state index is 6.09. The van der Waals surface area contributed by atoms with E-state index in [9.17, 15) is 0 Å². The molecule has 0 saturated carbocycles. The van der Waals surface area contributed by atoms with E-state index in [0.29, 0.717) is 0 Å². The summed E-state index contributed by atoms with van der Waals surface area (Å²) in [5, 5.41) is 5.62. The van der Waals surface area contributed by atoms with E-state index in [4.69, 9.17) is 16.7 Å². The Morgan fingerprint density at radius 1 is 1.00 bits per heavy atom. The summed E-state index contributed by atoms with van der Waals surface area (Å²) in [7, 11) is 0. The van der Waals surface area contributed by atoms with Crippen molar-refractivity contribution in [3.63, 3.8) is 0 Å². The first kappa shape index (κ1) is 16.1. The monoisotopic (exact) mass is 304 g/mol. The Morgan fingerprint density at radius 2 is 1.67 bits per heavy atom. The molecule has 2 nitrogen and oxygen atoms in total. The van der Waals surface area contributed by atoms with Gasteiger partial charge < -0.3 is 0 Å². The topological polar surface area (TPSA) is 17.8 Å². The van der Waals surface area contributed by atoms with Gasteiger partial charge in [0.15, 0.2) is 0 Å². The molecule has 0 radical (unpaired) electrons. The van der Waals surface area contributed by atoms with Crippen LogP contribution >= 0.6 is 11.6 Å². The Kier molecular flexibility index (Phi) is 4.21. The Hall–Kier alpha value is -1.28. The lowest BCUT2D eigenvalue weighted by Gasteiger charge is -2.20. The van der Waals surface area contributed by atoms with Gasteiger partial charge in [0.1, 0.15) is 0 Å². The molecule has 21 heavy (non-hydrogen) atoms. The van der Waals surface area contributed by atoms with Crippen molar-refractivity contribution in [3.8, 4) is 0 Å². The first-order valence-electron chi connectivity index (χ1n) is 7.40. The molecule has 0 N–H and O–H groups in total. The normalized spacial score (nSPS) is 12.7. The van der Waals surface area contributed by atoms with Crippen LogP contribution in [0, 0.1) is 0 Å². The van der Waals surface area contributed by atoms with Crippen molar-refractivity contribution in [2.75, 3.05) is 0 Å². The van der Waals surface area contributed by atoms with Gasteiger partial charge in [-0.25, -0.2) is 0 Å². The van der Waals surface area contributed by atoms with Crippen molar-refractivity contribution in [3.05, 3.63) is 52.3 Å². The molecule has 1 heterocycles. The van der Waals surface area contributed by atoms with Crippen molar-refractivity contribution < 1.29 is 0 Å². The molecule has 0 saturated heterocycles. The molecule has 0 spiro atoms. The lowest BCUT2D eigenvalue weighted by Crippen LogP contribution is -2.19. The SMILES string of the molecule is CC(C)(C)c1cc(C(C)(C)C)n(Cc2cccc(Cl)c2)n1. The fraction of sp³-hybridized carbons (Fsp3) is 0.500. The second-order valence-corrected chi connectivity index (χ2v) is 8.14. The Morgan fingerprint density at radius 3 is 2.19 bits per heavy atom. The van der Waals surface area contributed by atoms with Gasteiger partial charge in [-0.3, -0.25) is 4.68 Å². The van der Waals surface area contributed by atoms with Gasteiger partial charge in [0.2, 0.25) is 0 Å². The first-order valence-corrected chi connectivity index (χ1v) is 7.78. The van der Waals surface area contributed by atoms with Crippen LogP contribution in [0.2, 0.25) is 5.02 Å². The molecule has 1 aromatic carbocycles. The van der Waals surface area contributed by atoms with E-state index >= 15 is 0 Å². The van der Waals surface area contributed by atoms with Crippen LogP contribution in [0.25, 0.3) is 0 Å². The van der Waals surface area contributed by atoms with Crippen molar-refractivity contribution >= 4 is 11.6 Å². The number of halogens is 1. The average molecular weight is 305 g/mol. The summed E-state index contributed by atoms with van der Waals surface area (Å²) in [6, 6.07) is 10.2. The summed E-state index contributed by atoms with van der Waals surface area (Å²) >= 11 is 6.09. The highest BCUT2D eigenvalue weighted by atomic mass is 35.5. The van der Waals surface area contributed by atoms with Gasteiger partial charge in [0, 0.05) is 21.5 Å². The quantitative estimate of drug-likeness (QED) is 0.747. The molecule has 0 atom stereocenters. The molecule has 0 aliphatic carbocycles. The zero-order valence-corrected chi connectivity index (χ0v) is 14.6. The van der Waals surface area contributed by atoms with E-state index in [0.717, 1.165) is 17.3 Å². The van der Waals surface area contributed by atoms with E-state index < -0.39 is 0 Å². The zero-order valence-electron chi connectivity index (χ0n) is 13.9. The number of hydrogen-bond acceptors (Lipinski definition) is 1. The van der Waals surface area contributed by atoms with E-state index in [2.05, 4.69) is 58.4 Å². The summed E-state index contributed by atoms with van der Waals surface area (Å²) in [5.74, 6) is 0. The highest BCUT2D eigenvalue weighted by Gasteiger charge is 2.25. The molecule has 114 valence electrons. The molecule has 0 unspecified atom stereocenters. The second kappa shape index (κ2) is 5.49. The Bertz CT molecular complexity index is 627. The molecule has 2 rings (SSSR count). The van der Waals surface area contributed by atoms with Gasteiger partial charge in [-0.1, -0.05) is 65.3 Å². The molecule has 0 amide bonds. The van der Waals surface area contributed by atoms with E-state index in [-0.39, 0.29) is 10.8 Å². The third-order valence-corrected chi connectivity index (χ3v) is 3.77. The summed E-state index contributed by atoms with van der Waals surface area (Å²) < 4.78 is 2.12. The summed E-state index contributed by atoms with van der Waals surface area (Å²) in [4.78, 5) is 0. The number of benzene rings is 1. The molecule has 2 aromatic rings. The van der Waals surface area contributed by atoms with E-state index in [1.54, 1.807) is 0 Å². The number of aromatic nitrogens is 2. The predicted octanol–water partition coefficient (Wildman–Crippen LogP) is 5.18. The van der Waals surface area contributed by atoms with Crippen molar-refractivity contribution in [2.24, 2.45) is 0 Å². The van der Waals surface area contributed by atoms with Crippen molar-refractivity contribution in [2.45, 2.75) is 58.9 Å². The third-order valence-electron chi connectivity index (χ3n) is 3.54. The minimum absolute atomic E-state index is 0.0551. The standard InChI is InChI=1S/C18H25ClN2/c1-17(2,3)15-11-16(18(4,5)6)21(20-15)12-13-8-7-9-14(19)10-13/h7-11H,12H2,1-6H3. The van der Waals surface area contributed by atoms with Crippen LogP contribution < -0.4 is 0 Å². The van der Waals surface area contributed by atoms with Crippen LogP contribution in [0.15, 0.2) is 30.3 Å². The van der Waals surface area contributed by atoms with Gasteiger partial charge in [0.05, 0.1) is 12.2 Å². The van der Waals surface area contributed by atoms with E-state index in [1.807, 2.05) is 18.2 Å². The molecule has 0 bridgehead atoms. The maximum absolute atomic E-state index is 6.09. The molecule has 0 aliphatic rings. The van der Waals surface area contributed by atoms with Crippen LogP contribution in [0.1, 0.15) is 58.5 Å². The third kappa shape index (κ3) is 3.88. The lowest BCUT2D eigenvalue weighted by atomic mass is 9.88. The number of nitrogens with zero attached hydrogens (tertiary/aromatic N) is 2. The number of rotatable bonds is 2. The van der Waals surface area contributed by atoms with Crippen molar-refractivity contribution in [1.82, 2.24) is 9.78 Å². The second-order valence-electron chi connectivity index (χ2n) is 7.70. The highest BCUT2D eigenvalue weighted by molar-refractivity contribution is 6.30. The Balaban J connectivity index is 2.44. The van der Waals surface area contributed by atoms with E-state index in [1.165, 1.54) is 11.3 Å². The molecular formula is C18H25ClN2. The molecule has 1 aromatic heterocycles. The maximum Gasteiger partial charge on any atom is 0.0681 e. The van der Waals surface area contributed by atoms with Gasteiger partial charge >= 0.3 is 0 Å². The predicted molar refractivity (Wildman–Crippen MR) is 90.2 cm³/mol. The fourth-order valence-electron chi connectivity index (χ4n) is 2.32. The minimum atomic E-state index is 0.0551. The lowest BCUT2D eigenvalue weighted by molar-refractivity contribution is 0.496. The minimum Gasteiger partial charge on any atom is -0.264 e. The molecule has 0 fully saturated rings. The first-order chi connectivity index (χ1) is 9.57. The molecule has 0 aliphatic heterocycles. The van der Waals surface area contributed by atoms with Crippen LogP contribution in [0.3, 0.4) is 0 Å². The van der Waals surface area contributed by atoms with Gasteiger partial charge in [-0.05, 0) is 23.8 Å². The number of hydrogen-bond donors (Lipinski definition) is 0. The van der Waals surface area contributed by atoms with Crippen LogP contribution in [-0.2, 0) is 17.4 Å². The zero-order chi connectivity index (χ0) is 15.8. The fourth-order valence-corrected chi connectivity index (χ4v) is 2.53. The van der Waals surface area contributed by atoms with Gasteiger partial charge in [-0.2, -0.15) is 5.10 Å². The van der Waals surface area contributed by atoms with Crippen LogP contribution in [0.5, 0.6) is 0 Å². The summed E-state index contributed by atoms with van der Waals surface area (Å²) in [6.07, 6.45) is 0. The summed E-state index contributed by atoms with van der Waals surface area (Å²) in [5.41, 5.74) is 3.69. The highest BCUT2D eigenvalue weighted by Crippen LogP contribution is 2.29. The molecular weight excluding hydrogens is 280 g/mol. The van der Waals surface area contributed by atoms with Crippen molar-refractivity contribution in [1.29, 1.82) is 0 Å². The largest absolute Gasteiger partial charge is 0.264 e. The van der Waals surface area contributed by atoms with Crippen LogP contribution in [-0.4, -0.2) is 9.78 Å². The average Bonchev–Trinajstić information content (AvgIpc) is 2.72. The smallest absolute Gasteiger partial charge is 0.0681 e. The molecule has 3 heteroatoms. The Labute approximate surface area is 133 Å².